The van der Waals surface area contributed by atoms with Crippen molar-refractivity contribution < 1.29 is 4.79 Å². The molecular weight excluding hydrogens is 418 g/mol. The van der Waals surface area contributed by atoms with E-state index >= 15 is 0 Å². The van der Waals surface area contributed by atoms with Crippen LogP contribution < -0.4 is 0 Å². The fraction of sp³-hybridized carbons (Fsp3) is 0.440. The summed E-state index contributed by atoms with van der Waals surface area (Å²) in [6.07, 6.45) is 11.0. The second-order valence-electron chi connectivity index (χ2n) is 8.74. The molecular formula is C25H29N5OS. The molecule has 166 valence electrons. The van der Waals surface area contributed by atoms with Crippen molar-refractivity contribution in [1.82, 2.24) is 24.6 Å². The van der Waals surface area contributed by atoms with E-state index in [1.807, 2.05) is 30.3 Å². The van der Waals surface area contributed by atoms with E-state index in [-0.39, 0.29) is 5.91 Å². The van der Waals surface area contributed by atoms with Gasteiger partial charge in [-0.2, -0.15) is 0 Å². The lowest BCUT2D eigenvalue weighted by Crippen LogP contribution is -2.50. The molecule has 2 unspecified atom stereocenters. The molecule has 2 atom stereocenters. The maximum absolute atomic E-state index is 13.2. The number of thioether (sulfide) groups is 1. The maximum atomic E-state index is 13.2. The van der Waals surface area contributed by atoms with Gasteiger partial charge in [-0.25, -0.2) is 0 Å². The lowest BCUT2D eigenvalue weighted by molar-refractivity contribution is -0.134. The van der Waals surface area contributed by atoms with Crippen molar-refractivity contribution in [3.63, 3.8) is 0 Å². The van der Waals surface area contributed by atoms with E-state index in [2.05, 4.69) is 36.8 Å². The van der Waals surface area contributed by atoms with Crippen molar-refractivity contribution in [2.24, 2.45) is 5.92 Å². The molecule has 6 nitrogen and oxygen atoms in total. The van der Waals surface area contributed by atoms with Crippen LogP contribution in [-0.4, -0.2) is 48.9 Å². The second-order valence-corrected chi connectivity index (χ2v) is 9.69. The van der Waals surface area contributed by atoms with Gasteiger partial charge in [0.15, 0.2) is 11.0 Å². The quantitative estimate of drug-likeness (QED) is 0.514. The number of hydrogen-bond donors (Lipinski definition) is 0. The summed E-state index contributed by atoms with van der Waals surface area (Å²) in [6, 6.07) is 14.6. The van der Waals surface area contributed by atoms with Crippen molar-refractivity contribution >= 4 is 17.7 Å². The van der Waals surface area contributed by atoms with Gasteiger partial charge in [0, 0.05) is 30.5 Å². The number of aromatic nitrogens is 4. The number of benzene rings is 1. The number of carbonyl (C=O) groups excluding carboxylic acids is 1. The van der Waals surface area contributed by atoms with E-state index < -0.39 is 0 Å². The van der Waals surface area contributed by atoms with Crippen LogP contribution in [0.1, 0.15) is 44.1 Å². The summed E-state index contributed by atoms with van der Waals surface area (Å²) in [4.78, 5) is 19.5. The number of rotatable bonds is 6. The smallest absolute Gasteiger partial charge is 0.233 e. The van der Waals surface area contributed by atoms with E-state index in [9.17, 15) is 4.79 Å². The number of piperidine rings is 1. The Labute approximate surface area is 193 Å². The van der Waals surface area contributed by atoms with Crippen LogP contribution in [0, 0.1) is 5.92 Å². The van der Waals surface area contributed by atoms with E-state index in [1.54, 1.807) is 12.4 Å². The Kier molecular flexibility index (Phi) is 6.53. The third kappa shape index (κ3) is 4.58. The summed E-state index contributed by atoms with van der Waals surface area (Å²) >= 11 is 1.51. The van der Waals surface area contributed by atoms with E-state index in [1.165, 1.54) is 43.0 Å². The SMILES string of the molecule is O=C(CSc1nnc(-c2ccncc2)n1Cc1ccccc1)N1CCCC2CCCCC21. The van der Waals surface area contributed by atoms with Gasteiger partial charge < -0.3 is 4.90 Å². The largest absolute Gasteiger partial charge is 0.339 e. The molecule has 32 heavy (non-hydrogen) atoms. The van der Waals surface area contributed by atoms with Gasteiger partial charge in [-0.05, 0) is 49.3 Å². The molecule has 1 aromatic carbocycles. The Morgan fingerprint density at radius 3 is 2.59 bits per heavy atom. The molecule has 1 amide bonds. The molecule has 2 fully saturated rings. The first-order valence-corrected chi connectivity index (χ1v) is 12.6. The number of fused-ring (bicyclic) bond motifs is 1. The summed E-state index contributed by atoms with van der Waals surface area (Å²) in [5.41, 5.74) is 2.15. The van der Waals surface area contributed by atoms with Gasteiger partial charge in [0.2, 0.25) is 5.91 Å². The molecule has 2 aliphatic rings. The average molecular weight is 448 g/mol. The van der Waals surface area contributed by atoms with Gasteiger partial charge in [-0.3, -0.25) is 14.3 Å². The van der Waals surface area contributed by atoms with Crippen LogP contribution >= 0.6 is 11.8 Å². The first kappa shape index (κ1) is 21.2. The Balaban J connectivity index is 1.35. The number of nitrogens with zero attached hydrogens (tertiary/aromatic N) is 5. The zero-order valence-electron chi connectivity index (χ0n) is 18.3. The first-order chi connectivity index (χ1) is 15.8. The fourth-order valence-corrected chi connectivity index (χ4v) is 5.99. The third-order valence-electron chi connectivity index (χ3n) is 6.73. The highest BCUT2D eigenvalue weighted by Crippen LogP contribution is 2.36. The lowest BCUT2D eigenvalue weighted by Gasteiger charge is -2.44. The maximum Gasteiger partial charge on any atom is 0.233 e. The average Bonchev–Trinajstić information content (AvgIpc) is 3.25. The van der Waals surface area contributed by atoms with Crippen LogP contribution in [0.25, 0.3) is 11.4 Å². The zero-order chi connectivity index (χ0) is 21.8. The van der Waals surface area contributed by atoms with E-state index in [4.69, 9.17) is 0 Å². The predicted molar refractivity (Wildman–Crippen MR) is 126 cm³/mol. The Morgan fingerprint density at radius 1 is 0.969 bits per heavy atom. The highest BCUT2D eigenvalue weighted by Gasteiger charge is 2.35. The van der Waals surface area contributed by atoms with Gasteiger partial charge in [0.25, 0.3) is 0 Å². The lowest BCUT2D eigenvalue weighted by atomic mass is 9.78. The molecule has 0 radical (unpaired) electrons. The monoisotopic (exact) mass is 447 g/mol. The molecule has 1 aliphatic carbocycles. The Bertz CT molecular complexity index is 1040. The topological polar surface area (TPSA) is 63.9 Å². The molecule has 0 bridgehead atoms. The van der Waals surface area contributed by atoms with E-state index in [0.717, 1.165) is 35.9 Å². The summed E-state index contributed by atoms with van der Waals surface area (Å²) in [6.45, 7) is 1.57. The number of pyridine rings is 1. The number of likely N-dealkylation sites (tertiary alicyclic amines) is 1. The molecule has 0 N–H and O–H groups in total. The van der Waals surface area contributed by atoms with Crippen molar-refractivity contribution in [2.75, 3.05) is 12.3 Å². The molecule has 2 aromatic heterocycles. The molecule has 1 saturated carbocycles. The molecule has 0 spiro atoms. The molecule has 5 rings (SSSR count). The van der Waals surface area contributed by atoms with Gasteiger partial charge in [0.1, 0.15) is 0 Å². The van der Waals surface area contributed by atoms with Crippen LogP contribution in [0.5, 0.6) is 0 Å². The van der Waals surface area contributed by atoms with Crippen molar-refractivity contribution in [2.45, 2.75) is 56.3 Å². The number of amides is 1. The van der Waals surface area contributed by atoms with Gasteiger partial charge in [0.05, 0.1) is 12.3 Å². The molecule has 3 aromatic rings. The van der Waals surface area contributed by atoms with Gasteiger partial charge in [-0.1, -0.05) is 54.9 Å². The summed E-state index contributed by atoms with van der Waals surface area (Å²) < 4.78 is 2.11. The van der Waals surface area contributed by atoms with Gasteiger partial charge in [-0.15, -0.1) is 10.2 Å². The van der Waals surface area contributed by atoms with Crippen LogP contribution in [-0.2, 0) is 11.3 Å². The summed E-state index contributed by atoms with van der Waals surface area (Å²) in [7, 11) is 0. The Hall–Kier alpha value is -2.67. The molecule has 3 heterocycles. The normalized spacial score (nSPS) is 20.7. The van der Waals surface area contributed by atoms with Crippen molar-refractivity contribution in [3.8, 4) is 11.4 Å². The first-order valence-electron chi connectivity index (χ1n) is 11.6. The van der Waals surface area contributed by atoms with E-state index in [0.29, 0.717) is 24.3 Å². The molecule has 7 heteroatoms. The van der Waals surface area contributed by atoms with Crippen LogP contribution in [0.2, 0.25) is 0 Å². The van der Waals surface area contributed by atoms with Crippen LogP contribution in [0.4, 0.5) is 0 Å². The predicted octanol–water partition coefficient (Wildman–Crippen LogP) is 4.66. The van der Waals surface area contributed by atoms with Gasteiger partial charge >= 0.3 is 0 Å². The minimum atomic E-state index is 0.242. The fourth-order valence-electron chi connectivity index (χ4n) is 5.16. The standard InChI is InChI=1S/C25H29N5OS/c31-23(29-16-6-10-20-9-4-5-11-22(20)29)18-32-25-28-27-24(21-12-14-26-15-13-21)30(25)17-19-7-2-1-3-8-19/h1-3,7-8,12-15,20,22H,4-6,9-11,16-18H2. The summed E-state index contributed by atoms with van der Waals surface area (Å²) in [5.74, 6) is 2.15. The Morgan fingerprint density at radius 2 is 1.75 bits per heavy atom. The van der Waals surface area contributed by atoms with Crippen LogP contribution in [0.3, 0.4) is 0 Å². The van der Waals surface area contributed by atoms with Crippen molar-refractivity contribution in [3.05, 3.63) is 60.4 Å². The zero-order valence-corrected chi connectivity index (χ0v) is 19.1. The minimum Gasteiger partial charge on any atom is -0.339 e. The number of carbonyl (C=O) groups is 1. The molecule has 1 aliphatic heterocycles. The van der Waals surface area contributed by atoms with Crippen molar-refractivity contribution in [1.29, 1.82) is 0 Å². The highest BCUT2D eigenvalue weighted by atomic mass is 32.2. The third-order valence-corrected chi connectivity index (χ3v) is 7.68. The molecule has 1 saturated heterocycles. The second kappa shape index (κ2) is 9.86. The summed E-state index contributed by atoms with van der Waals surface area (Å²) in [5, 5.41) is 9.73. The highest BCUT2D eigenvalue weighted by molar-refractivity contribution is 7.99. The van der Waals surface area contributed by atoms with Crippen LogP contribution in [0.15, 0.2) is 60.0 Å². The number of hydrogen-bond acceptors (Lipinski definition) is 5. The minimum absolute atomic E-state index is 0.242.